The molecule has 11 heteroatoms. The number of fused-ring (bicyclic) bond motifs is 1. The van der Waals surface area contributed by atoms with Crippen LogP contribution in [0.15, 0.2) is 41.2 Å². The average Bonchev–Trinajstić information content (AvgIpc) is 2.82. The normalized spacial score (nSPS) is 18.0. The Kier molecular flexibility index (Phi) is 6.84. The molecule has 3 aromatic rings. The summed E-state index contributed by atoms with van der Waals surface area (Å²) in [6.45, 7) is 0.235. The molecule has 9 nitrogen and oxygen atoms in total. The molecule has 2 N–H and O–H groups in total. The van der Waals surface area contributed by atoms with Gasteiger partial charge in [0.25, 0.3) is 11.5 Å². The minimum Gasteiger partial charge on any atom is -0.487 e. The number of ether oxygens (including phenoxy) is 3. The molecule has 170 valence electrons. The number of nitrogens with one attached hydrogen (secondary N) is 2. The minimum atomic E-state index is -0.764. The average molecular weight is 473 g/mol. The second-order valence-corrected chi connectivity index (χ2v) is 7.65. The Morgan fingerprint density at radius 3 is 2.91 bits per heavy atom. The van der Waals surface area contributed by atoms with E-state index in [1.165, 1.54) is 6.07 Å². The van der Waals surface area contributed by atoms with Gasteiger partial charge in [-0.3, -0.25) is 9.59 Å². The molecule has 2 unspecified atom stereocenters. The summed E-state index contributed by atoms with van der Waals surface area (Å²) in [6.07, 6.45) is -1.20. The molecule has 1 aromatic heterocycles. The van der Waals surface area contributed by atoms with Crippen molar-refractivity contribution in [3.63, 3.8) is 0 Å². The summed E-state index contributed by atoms with van der Waals surface area (Å²) in [4.78, 5) is 31.7. The molecule has 1 aliphatic heterocycles. The summed E-state index contributed by atoms with van der Waals surface area (Å²) in [5.74, 6) is -1.91. The Balaban J connectivity index is 1.51. The van der Waals surface area contributed by atoms with Crippen molar-refractivity contribution in [1.29, 1.82) is 5.26 Å². The van der Waals surface area contributed by atoms with Crippen molar-refractivity contribution in [2.45, 2.75) is 18.8 Å². The Hall–Kier alpha value is -3.52. The van der Waals surface area contributed by atoms with Gasteiger partial charge in [-0.05, 0) is 29.8 Å². The topological polar surface area (TPSA) is 126 Å². The lowest BCUT2D eigenvalue weighted by Crippen LogP contribution is -2.38. The number of aromatic amines is 1. The van der Waals surface area contributed by atoms with Crippen LogP contribution in [0, 0.1) is 17.1 Å². The van der Waals surface area contributed by atoms with Gasteiger partial charge >= 0.3 is 0 Å². The van der Waals surface area contributed by atoms with Gasteiger partial charge < -0.3 is 24.5 Å². The van der Waals surface area contributed by atoms with Crippen LogP contribution in [0.4, 0.5) is 4.39 Å². The molecule has 4 rings (SSSR count). The largest absolute Gasteiger partial charge is 0.487 e. The monoisotopic (exact) mass is 472 g/mol. The Morgan fingerprint density at radius 2 is 2.18 bits per heavy atom. The molecule has 2 aromatic carbocycles. The maximum Gasteiger partial charge on any atom is 0.287 e. The van der Waals surface area contributed by atoms with Gasteiger partial charge in [0.1, 0.15) is 18.1 Å². The van der Waals surface area contributed by atoms with Crippen molar-refractivity contribution in [2.24, 2.45) is 0 Å². The number of aromatic nitrogens is 2. The van der Waals surface area contributed by atoms with Crippen molar-refractivity contribution >= 4 is 28.4 Å². The fourth-order valence-corrected chi connectivity index (χ4v) is 3.44. The number of hydrogen-bond acceptors (Lipinski definition) is 7. The van der Waals surface area contributed by atoms with Crippen molar-refractivity contribution in [3.05, 3.63) is 69.0 Å². The first-order valence-corrected chi connectivity index (χ1v) is 10.3. The van der Waals surface area contributed by atoms with E-state index in [1.54, 1.807) is 24.3 Å². The molecule has 0 saturated carbocycles. The van der Waals surface area contributed by atoms with E-state index >= 15 is 0 Å². The van der Waals surface area contributed by atoms with Gasteiger partial charge in [-0.1, -0.05) is 23.7 Å². The molecule has 1 aliphatic rings. The Labute approximate surface area is 192 Å². The third kappa shape index (κ3) is 5.28. The van der Waals surface area contributed by atoms with Crippen LogP contribution in [0.5, 0.6) is 5.75 Å². The van der Waals surface area contributed by atoms with Gasteiger partial charge in [0.2, 0.25) is 0 Å². The summed E-state index contributed by atoms with van der Waals surface area (Å²) in [6, 6.07) is 11.3. The standard InChI is InChI=1S/C22H18ClFN4O5/c23-13-3-1-2-12(6-13)8-26-22(30)20-27-17-5-4-16(24)19(18(17)21(29)28-20)33-11-15-10-31-14(7-25)9-32-15/h1-6,14-15H,8-11H2,(H,26,30)(H,27,28,29). The first-order chi connectivity index (χ1) is 15.9. The molecular weight excluding hydrogens is 455 g/mol. The molecule has 0 aliphatic carbocycles. The van der Waals surface area contributed by atoms with E-state index in [9.17, 15) is 14.0 Å². The number of nitrogens with zero attached hydrogens (tertiary/aromatic N) is 2. The minimum absolute atomic E-state index is 0.0678. The van der Waals surface area contributed by atoms with Crippen molar-refractivity contribution in [1.82, 2.24) is 15.3 Å². The molecule has 2 atom stereocenters. The zero-order valence-corrected chi connectivity index (χ0v) is 17.9. The van der Waals surface area contributed by atoms with Crippen LogP contribution in [0.25, 0.3) is 10.9 Å². The second kappa shape index (κ2) is 9.95. The lowest BCUT2D eigenvalue weighted by Gasteiger charge is -2.26. The first kappa shape index (κ1) is 22.7. The van der Waals surface area contributed by atoms with Crippen LogP contribution in [0.1, 0.15) is 16.2 Å². The highest BCUT2D eigenvalue weighted by molar-refractivity contribution is 6.30. The van der Waals surface area contributed by atoms with E-state index in [4.69, 9.17) is 31.1 Å². The summed E-state index contributed by atoms with van der Waals surface area (Å²) >= 11 is 5.94. The van der Waals surface area contributed by atoms with Crippen LogP contribution in [0.3, 0.4) is 0 Å². The van der Waals surface area contributed by atoms with E-state index in [1.807, 2.05) is 6.07 Å². The number of amides is 1. The fourth-order valence-electron chi connectivity index (χ4n) is 3.23. The maximum atomic E-state index is 14.5. The van der Waals surface area contributed by atoms with Crippen molar-refractivity contribution in [3.8, 4) is 11.8 Å². The maximum absolute atomic E-state index is 14.5. The van der Waals surface area contributed by atoms with E-state index in [0.29, 0.717) is 5.02 Å². The highest BCUT2D eigenvalue weighted by atomic mass is 35.5. The highest BCUT2D eigenvalue weighted by Crippen LogP contribution is 2.26. The van der Waals surface area contributed by atoms with Gasteiger partial charge in [0, 0.05) is 11.6 Å². The molecule has 1 amide bonds. The van der Waals surface area contributed by atoms with Gasteiger partial charge in [-0.2, -0.15) is 5.26 Å². The Bertz CT molecular complexity index is 1280. The van der Waals surface area contributed by atoms with Crippen LogP contribution in [-0.2, 0) is 16.0 Å². The number of benzene rings is 2. The third-order valence-electron chi connectivity index (χ3n) is 4.86. The molecule has 1 saturated heterocycles. The lowest BCUT2D eigenvalue weighted by atomic mass is 10.2. The van der Waals surface area contributed by atoms with Gasteiger partial charge in [-0.25, -0.2) is 9.37 Å². The van der Waals surface area contributed by atoms with Crippen LogP contribution < -0.4 is 15.6 Å². The quantitative estimate of drug-likeness (QED) is 0.563. The van der Waals surface area contributed by atoms with E-state index in [2.05, 4.69) is 15.3 Å². The number of hydrogen-bond donors (Lipinski definition) is 2. The predicted octanol–water partition coefficient (Wildman–Crippen LogP) is 2.33. The third-order valence-corrected chi connectivity index (χ3v) is 5.10. The molecule has 1 fully saturated rings. The van der Waals surface area contributed by atoms with Gasteiger partial charge in [0.15, 0.2) is 23.5 Å². The lowest BCUT2D eigenvalue weighted by molar-refractivity contribution is -0.124. The number of rotatable bonds is 6. The second-order valence-electron chi connectivity index (χ2n) is 7.22. The fraction of sp³-hybridized carbons (Fsp3) is 0.273. The molecule has 0 spiro atoms. The Morgan fingerprint density at radius 1 is 1.33 bits per heavy atom. The predicted molar refractivity (Wildman–Crippen MR) is 116 cm³/mol. The number of carbonyl (C=O) groups excluding carboxylic acids is 1. The smallest absolute Gasteiger partial charge is 0.287 e. The van der Waals surface area contributed by atoms with E-state index in [-0.39, 0.29) is 48.8 Å². The van der Waals surface area contributed by atoms with Crippen LogP contribution in [-0.4, -0.2) is 47.9 Å². The van der Waals surface area contributed by atoms with Gasteiger partial charge in [0.05, 0.1) is 24.8 Å². The van der Waals surface area contributed by atoms with E-state index < -0.39 is 29.5 Å². The molecule has 33 heavy (non-hydrogen) atoms. The molecular formula is C22H18ClFN4O5. The molecule has 0 radical (unpaired) electrons. The SMILES string of the molecule is N#CC1COC(COc2c(F)ccc3nc(C(=O)NCc4cccc(Cl)c4)[nH]c(=O)c23)CO1. The zero-order valence-electron chi connectivity index (χ0n) is 17.1. The summed E-state index contributed by atoms with van der Waals surface area (Å²) < 4.78 is 30.7. The number of nitriles is 1. The number of H-pyrrole nitrogens is 1. The number of carbonyl (C=O) groups is 1. The summed E-state index contributed by atoms with van der Waals surface area (Å²) in [5, 5.41) is 11.9. The molecule has 2 heterocycles. The first-order valence-electron chi connectivity index (χ1n) is 9.95. The van der Waals surface area contributed by atoms with Gasteiger partial charge in [-0.15, -0.1) is 0 Å². The zero-order chi connectivity index (χ0) is 23.4. The van der Waals surface area contributed by atoms with Crippen molar-refractivity contribution in [2.75, 3.05) is 19.8 Å². The van der Waals surface area contributed by atoms with Crippen LogP contribution in [0.2, 0.25) is 5.02 Å². The summed E-state index contributed by atoms with van der Waals surface area (Å²) in [5.41, 5.74) is 0.132. The molecule has 0 bridgehead atoms. The van der Waals surface area contributed by atoms with E-state index in [0.717, 1.165) is 11.6 Å². The highest BCUT2D eigenvalue weighted by Gasteiger charge is 2.24. The van der Waals surface area contributed by atoms with Crippen LogP contribution >= 0.6 is 11.6 Å². The summed E-state index contributed by atoms with van der Waals surface area (Å²) in [7, 11) is 0. The number of halogens is 2. The van der Waals surface area contributed by atoms with Crippen molar-refractivity contribution < 1.29 is 23.4 Å².